The van der Waals surface area contributed by atoms with E-state index in [1.807, 2.05) is 0 Å². The Kier molecular flexibility index (Phi) is 5.62. The SMILES string of the molecule is CC(C)CCC[C@@H](C)[C@@H]1CC[C@@H]2[C@H]3CC(=O)C4=CC(=O)CC[C@]4(C)[C@@H]3CC[C@]21C. The van der Waals surface area contributed by atoms with Crippen LogP contribution in [0.1, 0.15) is 98.8 Å². The predicted molar refractivity (Wildman–Crippen MR) is 118 cm³/mol. The Labute approximate surface area is 178 Å². The zero-order valence-electron chi connectivity index (χ0n) is 19.4. The van der Waals surface area contributed by atoms with Crippen molar-refractivity contribution in [2.75, 3.05) is 0 Å². The van der Waals surface area contributed by atoms with Gasteiger partial charge in [-0.25, -0.2) is 0 Å². The molecule has 0 heterocycles. The number of hydrogen-bond donors (Lipinski definition) is 0. The standard InChI is InChI=1S/C27H42O2/c1-17(2)7-6-8-18(3)21-9-10-22-20-16-25(29)24-15-19(28)11-13-27(24,5)23(20)12-14-26(21,22)4/h15,17-18,20-23H,6-14,16H2,1-5H3/t18-,20-,21+,22-,23-,26+,27-/m1/s1. The predicted octanol–water partition coefficient (Wildman–Crippen LogP) is 6.78. The van der Waals surface area contributed by atoms with Crippen molar-refractivity contribution in [3.63, 3.8) is 0 Å². The van der Waals surface area contributed by atoms with E-state index in [-0.39, 0.29) is 11.2 Å². The normalized spacial score (nSPS) is 42.9. The summed E-state index contributed by atoms with van der Waals surface area (Å²) in [7, 11) is 0. The smallest absolute Gasteiger partial charge is 0.159 e. The van der Waals surface area contributed by atoms with Crippen molar-refractivity contribution in [3.05, 3.63) is 11.6 Å². The van der Waals surface area contributed by atoms with Crippen LogP contribution in [0.15, 0.2) is 11.6 Å². The molecule has 0 aromatic rings. The molecule has 0 N–H and O–H groups in total. The minimum absolute atomic E-state index is 0.0454. The summed E-state index contributed by atoms with van der Waals surface area (Å²) in [4.78, 5) is 25.1. The number of carbonyl (C=O) groups is 2. The Morgan fingerprint density at radius 2 is 1.76 bits per heavy atom. The molecule has 0 saturated heterocycles. The van der Waals surface area contributed by atoms with Crippen LogP contribution in [0.25, 0.3) is 0 Å². The van der Waals surface area contributed by atoms with Gasteiger partial charge in [-0.3, -0.25) is 9.59 Å². The van der Waals surface area contributed by atoms with Crippen LogP contribution >= 0.6 is 0 Å². The van der Waals surface area contributed by atoms with Gasteiger partial charge in [0.1, 0.15) is 0 Å². The summed E-state index contributed by atoms with van der Waals surface area (Å²) < 4.78 is 0. The fourth-order valence-electron chi connectivity index (χ4n) is 8.41. The molecular weight excluding hydrogens is 356 g/mol. The lowest BCUT2D eigenvalue weighted by molar-refractivity contribution is -0.131. The van der Waals surface area contributed by atoms with Gasteiger partial charge >= 0.3 is 0 Å². The molecule has 0 bridgehead atoms. The average molecular weight is 399 g/mol. The molecule has 3 saturated carbocycles. The molecule has 0 radical (unpaired) electrons. The summed E-state index contributed by atoms with van der Waals surface area (Å²) in [5.41, 5.74) is 1.26. The average Bonchev–Trinajstić information content (AvgIpc) is 3.00. The van der Waals surface area contributed by atoms with Gasteiger partial charge in [0.2, 0.25) is 0 Å². The molecule has 0 aromatic heterocycles. The van der Waals surface area contributed by atoms with Crippen LogP contribution in [-0.2, 0) is 9.59 Å². The molecular formula is C27H42O2. The second kappa shape index (κ2) is 7.65. The Bertz CT molecular complexity index is 703. The molecule has 0 aromatic carbocycles. The van der Waals surface area contributed by atoms with Crippen molar-refractivity contribution >= 4 is 11.6 Å². The molecule has 0 spiro atoms. The third-order valence-electron chi connectivity index (χ3n) is 9.99. The lowest BCUT2D eigenvalue weighted by Crippen LogP contribution is -2.53. The number of ketones is 2. The lowest BCUT2D eigenvalue weighted by atomic mass is 9.46. The first kappa shape index (κ1) is 21.3. The van der Waals surface area contributed by atoms with E-state index in [0.717, 1.165) is 29.7 Å². The Morgan fingerprint density at radius 1 is 1.00 bits per heavy atom. The summed E-state index contributed by atoms with van der Waals surface area (Å²) in [6, 6.07) is 0. The van der Waals surface area contributed by atoms with Crippen LogP contribution < -0.4 is 0 Å². The van der Waals surface area contributed by atoms with Gasteiger partial charge in [0.15, 0.2) is 11.6 Å². The number of hydrogen-bond acceptors (Lipinski definition) is 2. The van der Waals surface area contributed by atoms with Gasteiger partial charge in [0, 0.05) is 18.4 Å². The lowest BCUT2D eigenvalue weighted by Gasteiger charge is -2.57. The van der Waals surface area contributed by atoms with Crippen LogP contribution in [0.4, 0.5) is 0 Å². The fraction of sp³-hybridized carbons (Fsp3) is 0.852. The van der Waals surface area contributed by atoms with Crippen molar-refractivity contribution in [3.8, 4) is 0 Å². The minimum atomic E-state index is -0.0454. The monoisotopic (exact) mass is 398 g/mol. The molecule has 29 heavy (non-hydrogen) atoms. The zero-order chi connectivity index (χ0) is 21.0. The van der Waals surface area contributed by atoms with Gasteiger partial charge in [0.05, 0.1) is 0 Å². The van der Waals surface area contributed by atoms with E-state index in [4.69, 9.17) is 0 Å². The molecule has 0 unspecified atom stereocenters. The Hall–Kier alpha value is -0.920. The molecule has 2 heteroatoms. The summed E-state index contributed by atoms with van der Waals surface area (Å²) in [5.74, 6) is 4.76. The topological polar surface area (TPSA) is 34.1 Å². The second-order valence-corrected chi connectivity index (χ2v) is 12.0. The summed E-state index contributed by atoms with van der Waals surface area (Å²) in [6.07, 6.45) is 13.3. The second-order valence-electron chi connectivity index (χ2n) is 12.0. The molecule has 4 aliphatic carbocycles. The van der Waals surface area contributed by atoms with Crippen LogP contribution in [0.2, 0.25) is 0 Å². The van der Waals surface area contributed by atoms with E-state index in [2.05, 4.69) is 34.6 Å². The maximum absolute atomic E-state index is 13.1. The Morgan fingerprint density at radius 3 is 2.48 bits per heavy atom. The maximum atomic E-state index is 13.1. The van der Waals surface area contributed by atoms with Crippen LogP contribution in [0.5, 0.6) is 0 Å². The third-order valence-corrected chi connectivity index (χ3v) is 9.99. The highest BCUT2D eigenvalue weighted by Crippen LogP contribution is 2.67. The highest BCUT2D eigenvalue weighted by atomic mass is 16.1. The number of Topliss-reactive ketones (excluding diaryl/α,β-unsaturated/α-hetero) is 1. The molecule has 162 valence electrons. The number of carbonyl (C=O) groups excluding carboxylic acids is 2. The van der Waals surface area contributed by atoms with Crippen LogP contribution in [0, 0.1) is 46.3 Å². The summed E-state index contributed by atoms with van der Waals surface area (Å²) >= 11 is 0. The van der Waals surface area contributed by atoms with Crippen LogP contribution in [0.3, 0.4) is 0 Å². The number of rotatable bonds is 5. The van der Waals surface area contributed by atoms with E-state index in [0.29, 0.717) is 41.8 Å². The van der Waals surface area contributed by atoms with Gasteiger partial charge in [0.25, 0.3) is 0 Å². The minimum Gasteiger partial charge on any atom is -0.295 e. The first-order valence-corrected chi connectivity index (χ1v) is 12.4. The quantitative estimate of drug-likeness (QED) is 0.512. The van der Waals surface area contributed by atoms with Crippen molar-refractivity contribution in [2.45, 2.75) is 98.8 Å². The van der Waals surface area contributed by atoms with Gasteiger partial charge in [-0.1, -0.05) is 53.9 Å². The third kappa shape index (κ3) is 3.47. The molecule has 4 rings (SSSR count). The first-order valence-electron chi connectivity index (χ1n) is 12.4. The summed E-state index contributed by atoms with van der Waals surface area (Å²) in [5, 5.41) is 0. The van der Waals surface area contributed by atoms with Crippen molar-refractivity contribution in [1.82, 2.24) is 0 Å². The molecule has 2 nitrogen and oxygen atoms in total. The maximum Gasteiger partial charge on any atom is 0.159 e. The fourth-order valence-corrected chi connectivity index (χ4v) is 8.41. The molecule has 3 fully saturated rings. The van der Waals surface area contributed by atoms with E-state index >= 15 is 0 Å². The highest BCUT2D eigenvalue weighted by Gasteiger charge is 2.60. The summed E-state index contributed by atoms with van der Waals surface area (Å²) in [6.45, 7) is 12.1. The van der Waals surface area contributed by atoms with E-state index in [1.165, 1.54) is 44.9 Å². The van der Waals surface area contributed by atoms with Crippen molar-refractivity contribution in [1.29, 1.82) is 0 Å². The zero-order valence-corrected chi connectivity index (χ0v) is 19.4. The van der Waals surface area contributed by atoms with Gasteiger partial charge in [-0.05, 0) is 84.5 Å². The highest BCUT2D eigenvalue weighted by molar-refractivity contribution is 6.05. The molecule has 7 atom stereocenters. The molecule has 0 amide bonds. The Balaban J connectivity index is 1.54. The largest absolute Gasteiger partial charge is 0.295 e. The van der Waals surface area contributed by atoms with Crippen molar-refractivity contribution < 1.29 is 9.59 Å². The van der Waals surface area contributed by atoms with E-state index in [1.54, 1.807) is 6.08 Å². The van der Waals surface area contributed by atoms with Gasteiger partial charge in [-0.2, -0.15) is 0 Å². The van der Waals surface area contributed by atoms with E-state index < -0.39 is 0 Å². The van der Waals surface area contributed by atoms with Gasteiger partial charge in [-0.15, -0.1) is 0 Å². The number of fused-ring (bicyclic) bond motifs is 5. The number of allylic oxidation sites excluding steroid dienone is 1. The molecule has 4 aliphatic rings. The van der Waals surface area contributed by atoms with Gasteiger partial charge < -0.3 is 0 Å². The van der Waals surface area contributed by atoms with E-state index in [9.17, 15) is 9.59 Å². The van der Waals surface area contributed by atoms with Crippen molar-refractivity contribution in [2.24, 2.45) is 46.3 Å². The first-order chi connectivity index (χ1) is 13.7. The van der Waals surface area contributed by atoms with Crippen LogP contribution in [-0.4, -0.2) is 11.6 Å². The molecule has 0 aliphatic heterocycles.